The highest BCUT2D eigenvalue weighted by Crippen LogP contribution is 2.61. The van der Waals surface area contributed by atoms with Crippen molar-refractivity contribution in [3.8, 4) is 34.0 Å². The third kappa shape index (κ3) is 4.44. The molecule has 2 aliphatic heterocycles. The Kier molecular flexibility index (Phi) is 6.92. The molecule has 2 aromatic heterocycles. The number of hydrogen-bond donors (Lipinski definition) is 0. The molecule has 0 aliphatic carbocycles. The molecule has 13 rings (SSSR count). The first-order chi connectivity index (χ1) is 29.7. The average molecular weight is 767 g/mol. The van der Waals surface area contributed by atoms with Gasteiger partial charge in [-0.3, -0.25) is 0 Å². The lowest BCUT2D eigenvalue weighted by atomic mass is 9.61. The van der Waals surface area contributed by atoms with E-state index in [9.17, 15) is 0 Å². The minimum Gasteiger partial charge on any atom is -0.457 e. The van der Waals surface area contributed by atoms with E-state index in [0.29, 0.717) is 0 Å². The summed E-state index contributed by atoms with van der Waals surface area (Å²) in [5.74, 6) is 1.77. The SMILES string of the molecule is Cc1cc(-n2c3ccccc3c3cc4c(cc32)Oc2ccccc2C42c3ccccc3-n3c4ccccc4c4cccc2c43)ccc1-c1ccccc1Cc1ccccc1. The van der Waals surface area contributed by atoms with Crippen molar-refractivity contribution >= 4 is 43.6 Å². The number of fused-ring (bicyclic) bond motifs is 14. The van der Waals surface area contributed by atoms with Crippen LogP contribution in [0.4, 0.5) is 0 Å². The highest BCUT2D eigenvalue weighted by molar-refractivity contribution is 6.13. The van der Waals surface area contributed by atoms with Gasteiger partial charge in [0.1, 0.15) is 11.5 Å². The number of aromatic nitrogens is 2. The van der Waals surface area contributed by atoms with Gasteiger partial charge in [0, 0.05) is 44.4 Å². The molecule has 11 aromatic rings. The standard InChI is InChI=1S/C57H38N2O/c1-36-32-39(30-31-40(36)41-19-6-5-18-38(41)33-37-16-3-2-4-17-37)58-50-26-11-8-21-43(50)45-34-49-55(35-53(45)58)60-54-29-14-10-24-47(54)57(49)46-23-9-13-28-52(46)59-51-27-12-7-20-42(51)44-22-15-25-48(57)56(44)59/h2-32,34-35H,33H2,1H3. The van der Waals surface area contributed by atoms with Crippen molar-refractivity contribution in [1.29, 1.82) is 0 Å². The molecule has 0 saturated carbocycles. The Hall–Kier alpha value is -7.62. The Morgan fingerprint density at radius 3 is 1.95 bits per heavy atom. The van der Waals surface area contributed by atoms with Crippen LogP contribution < -0.4 is 4.74 Å². The maximum absolute atomic E-state index is 7.10. The molecule has 4 heterocycles. The second-order valence-electron chi connectivity index (χ2n) is 16.5. The summed E-state index contributed by atoms with van der Waals surface area (Å²) in [4.78, 5) is 0. The van der Waals surface area contributed by atoms with E-state index in [-0.39, 0.29) is 0 Å². The van der Waals surface area contributed by atoms with Crippen LogP contribution in [-0.4, -0.2) is 9.13 Å². The van der Waals surface area contributed by atoms with Gasteiger partial charge in [-0.1, -0.05) is 152 Å². The molecule has 0 saturated heterocycles. The number of ether oxygens (including phenoxy) is 1. The van der Waals surface area contributed by atoms with Crippen molar-refractivity contribution in [2.45, 2.75) is 18.8 Å². The van der Waals surface area contributed by atoms with E-state index in [1.165, 1.54) is 82.7 Å². The third-order valence-electron chi connectivity index (χ3n) is 13.3. The van der Waals surface area contributed by atoms with E-state index in [4.69, 9.17) is 4.74 Å². The van der Waals surface area contributed by atoms with Crippen LogP contribution in [0, 0.1) is 6.92 Å². The first kappa shape index (κ1) is 33.4. The molecule has 282 valence electrons. The molecule has 0 radical (unpaired) electrons. The maximum atomic E-state index is 7.10. The zero-order valence-electron chi connectivity index (χ0n) is 33.1. The first-order valence-corrected chi connectivity index (χ1v) is 20.9. The lowest BCUT2D eigenvalue weighted by molar-refractivity contribution is 0.434. The zero-order valence-corrected chi connectivity index (χ0v) is 33.1. The molecule has 3 nitrogen and oxygen atoms in total. The fourth-order valence-electron chi connectivity index (χ4n) is 10.9. The second kappa shape index (κ2) is 12.4. The minimum absolute atomic E-state index is 0.632. The van der Waals surface area contributed by atoms with Crippen LogP contribution in [-0.2, 0) is 11.8 Å². The highest BCUT2D eigenvalue weighted by Gasteiger charge is 2.50. The lowest BCUT2D eigenvalue weighted by Gasteiger charge is -2.45. The van der Waals surface area contributed by atoms with Crippen LogP contribution in [0.3, 0.4) is 0 Å². The molecule has 1 unspecified atom stereocenters. The molecule has 9 aromatic carbocycles. The molecule has 0 amide bonds. The summed E-state index contributed by atoms with van der Waals surface area (Å²) in [6.07, 6.45) is 0.891. The molecule has 0 bridgehead atoms. The topological polar surface area (TPSA) is 19.1 Å². The number of nitrogens with zero attached hydrogens (tertiary/aromatic N) is 2. The first-order valence-electron chi connectivity index (χ1n) is 20.9. The van der Waals surface area contributed by atoms with Crippen LogP contribution in [0.5, 0.6) is 11.5 Å². The molecule has 0 fully saturated rings. The number of hydrogen-bond acceptors (Lipinski definition) is 1. The zero-order chi connectivity index (χ0) is 39.5. The normalized spacial score (nSPS) is 15.0. The summed E-state index contributed by atoms with van der Waals surface area (Å²) in [5, 5.41) is 4.95. The fourth-order valence-corrected chi connectivity index (χ4v) is 10.9. The Labute approximate surface area is 348 Å². The number of rotatable bonds is 4. The van der Waals surface area contributed by atoms with Crippen LogP contribution in [0.15, 0.2) is 200 Å². The van der Waals surface area contributed by atoms with Crippen molar-refractivity contribution in [3.63, 3.8) is 0 Å². The van der Waals surface area contributed by atoms with Crippen molar-refractivity contribution in [1.82, 2.24) is 9.13 Å². The summed E-state index contributed by atoms with van der Waals surface area (Å²) >= 11 is 0. The summed E-state index contributed by atoms with van der Waals surface area (Å²) in [5.41, 5.74) is 17.7. The Bertz CT molecular complexity index is 3570. The Morgan fingerprint density at radius 1 is 0.433 bits per heavy atom. The largest absolute Gasteiger partial charge is 0.457 e. The van der Waals surface area contributed by atoms with Crippen molar-refractivity contribution in [2.24, 2.45) is 0 Å². The molecule has 60 heavy (non-hydrogen) atoms. The average Bonchev–Trinajstić information content (AvgIpc) is 3.81. The van der Waals surface area contributed by atoms with Crippen molar-refractivity contribution in [3.05, 3.63) is 239 Å². The summed E-state index contributed by atoms with van der Waals surface area (Å²) in [7, 11) is 0. The number of aryl methyl sites for hydroxylation is 1. The van der Waals surface area contributed by atoms with Gasteiger partial charge in [-0.25, -0.2) is 0 Å². The predicted octanol–water partition coefficient (Wildman–Crippen LogP) is 14.2. The van der Waals surface area contributed by atoms with E-state index in [2.05, 4.69) is 216 Å². The van der Waals surface area contributed by atoms with Crippen LogP contribution in [0.2, 0.25) is 0 Å². The van der Waals surface area contributed by atoms with Crippen molar-refractivity contribution < 1.29 is 4.74 Å². The van der Waals surface area contributed by atoms with Crippen molar-refractivity contribution in [2.75, 3.05) is 0 Å². The van der Waals surface area contributed by atoms with E-state index >= 15 is 0 Å². The van der Waals surface area contributed by atoms with E-state index in [1.807, 2.05) is 0 Å². The van der Waals surface area contributed by atoms with E-state index in [0.717, 1.165) is 40.3 Å². The smallest absolute Gasteiger partial charge is 0.134 e. The molecule has 1 spiro atoms. The third-order valence-corrected chi connectivity index (χ3v) is 13.3. The monoisotopic (exact) mass is 766 g/mol. The van der Waals surface area contributed by atoms with Gasteiger partial charge in [0.2, 0.25) is 0 Å². The molecular weight excluding hydrogens is 729 g/mol. The maximum Gasteiger partial charge on any atom is 0.134 e. The quantitative estimate of drug-likeness (QED) is 0.175. The van der Waals surface area contributed by atoms with E-state index in [1.54, 1.807) is 0 Å². The van der Waals surface area contributed by atoms with Gasteiger partial charge in [0.05, 0.1) is 33.2 Å². The van der Waals surface area contributed by atoms with Gasteiger partial charge in [-0.05, 0) is 94.8 Å². The summed E-state index contributed by atoms with van der Waals surface area (Å²) in [6, 6.07) is 73.6. The van der Waals surface area contributed by atoms with E-state index < -0.39 is 5.41 Å². The summed E-state index contributed by atoms with van der Waals surface area (Å²) in [6.45, 7) is 2.25. The minimum atomic E-state index is -0.632. The second-order valence-corrected chi connectivity index (χ2v) is 16.5. The molecule has 3 heteroatoms. The van der Waals surface area contributed by atoms with Crippen LogP contribution in [0.25, 0.3) is 66.1 Å². The van der Waals surface area contributed by atoms with Gasteiger partial charge in [0.25, 0.3) is 0 Å². The van der Waals surface area contributed by atoms with Gasteiger partial charge < -0.3 is 13.9 Å². The fraction of sp³-hybridized carbons (Fsp3) is 0.0526. The van der Waals surface area contributed by atoms with Crippen LogP contribution >= 0.6 is 0 Å². The van der Waals surface area contributed by atoms with Gasteiger partial charge in [-0.2, -0.15) is 0 Å². The number of benzene rings is 9. The summed E-state index contributed by atoms with van der Waals surface area (Å²) < 4.78 is 12.0. The Morgan fingerprint density at radius 2 is 1.10 bits per heavy atom. The molecule has 1 atom stereocenters. The van der Waals surface area contributed by atoms with Crippen LogP contribution in [0.1, 0.15) is 38.9 Å². The molecule has 2 aliphatic rings. The highest BCUT2D eigenvalue weighted by atomic mass is 16.5. The molecule has 0 N–H and O–H groups in total. The van der Waals surface area contributed by atoms with Gasteiger partial charge in [0.15, 0.2) is 0 Å². The van der Waals surface area contributed by atoms with Gasteiger partial charge in [-0.15, -0.1) is 0 Å². The number of para-hydroxylation sites is 5. The predicted molar refractivity (Wildman–Crippen MR) is 246 cm³/mol. The Balaban J connectivity index is 1.07. The van der Waals surface area contributed by atoms with Gasteiger partial charge >= 0.3 is 0 Å². The molecular formula is C57H38N2O. The lowest BCUT2D eigenvalue weighted by Crippen LogP contribution is -2.37.